The van der Waals surface area contributed by atoms with Gasteiger partial charge in [0.1, 0.15) is 5.76 Å². The molecule has 2 rings (SSSR count). The lowest BCUT2D eigenvalue weighted by molar-refractivity contribution is 0.193. The highest BCUT2D eigenvalue weighted by Crippen LogP contribution is 2.30. The summed E-state index contributed by atoms with van der Waals surface area (Å²) >= 11 is 0. The van der Waals surface area contributed by atoms with Crippen LogP contribution in [-0.2, 0) is 11.2 Å². The first-order valence-corrected chi connectivity index (χ1v) is 6.46. The molecule has 2 N–H and O–H groups in total. The van der Waals surface area contributed by atoms with E-state index in [1.54, 1.807) is 7.11 Å². The lowest BCUT2D eigenvalue weighted by atomic mass is 9.98. The van der Waals surface area contributed by atoms with E-state index in [1.807, 2.05) is 0 Å². The van der Waals surface area contributed by atoms with Gasteiger partial charge in [0.25, 0.3) is 0 Å². The normalized spacial score (nSPS) is 11.2. The number of nitrogen functional groups attached to an aromatic ring is 1. The van der Waals surface area contributed by atoms with Crippen molar-refractivity contribution >= 4 is 5.82 Å². The van der Waals surface area contributed by atoms with Crippen LogP contribution >= 0.6 is 0 Å². The zero-order chi connectivity index (χ0) is 13.8. The van der Waals surface area contributed by atoms with Gasteiger partial charge in [-0.2, -0.15) is 0 Å². The topological polar surface area (TPSA) is 61.3 Å². The van der Waals surface area contributed by atoms with E-state index < -0.39 is 0 Å². The van der Waals surface area contributed by atoms with Crippen LogP contribution in [0.25, 0.3) is 11.1 Å². The molecule has 0 radical (unpaired) electrons. The summed E-state index contributed by atoms with van der Waals surface area (Å²) in [7, 11) is 1.66. The van der Waals surface area contributed by atoms with E-state index in [4.69, 9.17) is 15.0 Å². The number of benzene rings is 1. The fraction of sp³-hybridized carbons (Fsp3) is 0.400. The average Bonchev–Trinajstić information content (AvgIpc) is 2.77. The van der Waals surface area contributed by atoms with Gasteiger partial charge in [-0.05, 0) is 17.0 Å². The Kier molecular flexibility index (Phi) is 4.22. The molecule has 19 heavy (non-hydrogen) atoms. The third-order valence-corrected chi connectivity index (χ3v) is 3.19. The number of nitrogens with two attached hydrogens (primary N) is 1. The number of aromatic nitrogens is 1. The largest absolute Gasteiger partial charge is 0.384 e. The summed E-state index contributed by atoms with van der Waals surface area (Å²) in [5.74, 6) is 1.72. The fourth-order valence-electron chi connectivity index (χ4n) is 2.05. The lowest BCUT2D eigenvalue weighted by Crippen LogP contribution is -1.96. The molecule has 0 unspecified atom stereocenters. The van der Waals surface area contributed by atoms with Crippen LogP contribution in [0.4, 0.5) is 5.82 Å². The number of ether oxygens (including phenoxy) is 1. The molecule has 1 aromatic carbocycles. The Labute approximate surface area is 113 Å². The maximum absolute atomic E-state index is 5.90. The van der Waals surface area contributed by atoms with Gasteiger partial charge in [0.05, 0.1) is 12.2 Å². The summed E-state index contributed by atoms with van der Waals surface area (Å²) in [4.78, 5) is 0. The number of hydrogen-bond donors (Lipinski definition) is 1. The van der Waals surface area contributed by atoms with E-state index >= 15 is 0 Å². The second-order valence-electron chi connectivity index (χ2n) is 4.89. The van der Waals surface area contributed by atoms with Crippen molar-refractivity contribution in [1.29, 1.82) is 0 Å². The maximum atomic E-state index is 5.90. The minimum absolute atomic E-state index is 0.434. The second kappa shape index (κ2) is 5.89. The van der Waals surface area contributed by atoms with Gasteiger partial charge in [-0.25, -0.2) is 0 Å². The van der Waals surface area contributed by atoms with Crippen LogP contribution in [0.5, 0.6) is 0 Å². The van der Waals surface area contributed by atoms with E-state index in [9.17, 15) is 0 Å². The SMILES string of the molecule is COCCc1onc(N)c1-c1ccc(C(C)C)cc1. The van der Waals surface area contributed by atoms with Crippen LogP contribution in [0.15, 0.2) is 28.8 Å². The molecule has 1 aromatic heterocycles. The Morgan fingerprint density at radius 2 is 1.95 bits per heavy atom. The summed E-state index contributed by atoms with van der Waals surface area (Å²) in [6.45, 7) is 4.94. The molecule has 2 aromatic rings. The minimum Gasteiger partial charge on any atom is -0.384 e. The number of nitrogens with zero attached hydrogens (tertiary/aromatic N) is 1. The molecular formula is C15H20N2O2. The molecule has 0 bridgehead atoms. The van der Waals surface area contributed by atoms with Crippen molar-refractivity contribution in [1.82, 2.24) is 5.16 Å². The van der Waals surface area contributed by atoms with E-state index in [2.05, 4.69) is 43.3 Å². The molecule has 0 amide bonds. The lowest BCUT2D eigenvalue weighted by Gasteiger charge is -2.07. The molecule has 0 saturated heterocycles. The molecule has 4 heteroatoms. The molecule has 0 fully saturated rings. The zero-order valence-electron chi connectivity index (χ0n) is 11.6. The predicted octanol–water partition coefficient (Wildman–Crippen LogP) is 3.24. The number of methoxy groups -OCH3 is 1. The quantitative estimate of drug-likeness (QED) is 0.896. The molecule has 0 aliphatic carbocycles. The standard InChI is InChI=1S/C15H20N2O2/c1-10(2)11-4-6-12(7-5-11)14-13(8-9-18-3)19-17-15(14)16/h4-7,10H,8-9H2,1-3H3,(H2,16,17). The van der Waals surface area contributed by atoms with Crippen molar-refractivity contribution in [2.75, 3.05) is 19.5 Å². The van der Waals surface area contributed by atoms with Crippen LogP contribution in [0.2, 0.25) is 0 Å². The molecule has 0 atom stereocenters. The first-order valence-electron chi connectivity index (χ1n) is 6.46. The summed E-state index contributed by atoms with van der Waals surface area (Å²) in [5.41, 5.74) is 9.12. The Bertz CT molecular complexity index is 530. The van der Waals surface area contributed by atoms with Gasteiger partial charge < -0.3 is 15.0 Å². The van der Waals surface area contributed by atoms with Gasteiger partial charge in [-0.1, -0.05) is 43.3 Å². The third kappa shape index (κ3) is 2.96. The van der Waals surface area contributed by atoms with Crippen molar-refractivity contribution in [3.05, 3.63) is 35.6 Å². The number of rotatable bonds is 5. The Hall–Kier alpha value is -1.81. The van der Waals surface area contributed by atoms with Crippen LogP contribution in [0, 0.1) is 0 Å². The average molecular weight is 260 g/mol. The van der Waals surface area contributed by atoms with E-state index in [-0.39, 0.29) is 0 Å². The van der Waals surface area contributed by atoms with E-state index in [1.165, 1.54) is 5.56 Å². The fourth-order valence-corrected chi connectivity index (χ4v) is 2.05. The first kappa shape index (κ1) is 13.6. The van der Waals surface area contributed by atoms with Gasteiger partial charge in [0, 0.05) is 13.5 Å². The maximum Gasteiger partial charge on any atom is 0.175 e. The first-order chi connectivity index (χ1) is 9.13. The monoisotopic (exact) mass is 260 g/mol. The number of anilines is 1. The highest BCUT2D eigenvalue weighted by molar-refractivity contribution is 5.75. The summed E-state index contributed by atoms with van der Waals surface area (Å²) in [6, 6.07) is 8.36. The molecular weight excluding hydrogens is 240 g/mol. The Morgan fingerprint density at radius 1 is 1.26 bits per heavy atom. The molecule has 0 saturated carbocycles. The predicted molar refractivity (Wildman–Crippen MR) is 76.0 cm³/mol. The highest BCUT2D eigenvalue weighted by atomic mass is 16.5. The molecule has 102 valence electrons. The smallest absolute Gasteiger partial charge is 0.175 e. The van der Waals surface area contributed by atoms with Crippen molar-refractivity contribution in [3.8, 4) is 11.1 Å². The zero-order valence-corrected chi connectivity index (χ0v) is 11.6. The van der Waals surface area contributed by atoms with Gasteiger partial charge in [0.15, 0.2) is 5.82 Å². The van der Waals surface area contributed by atoms with Crippen LogP contribution in [0.3, 0.4) is 0 Å². The second-order valence-corrected chi connectivity index (χ2v) is 4.89. The highest BCUT2D eigenvalue weighted by Gasteiger charge is 2.15. The van der Waals surface area contributed by atoms with Crippen LogP contribution in [-0.4, -0.2) is 18.9 Å². The Morgan fingerprint density at radius 3 is 2.53 bits per heavy atom. The van der Waals surface area contributed by atoms with Gasteiger partial charge in [-0.15, -0.1) is 0 Å². The number of hydrogen-bond acceptors (Lipinski definition) is 4. The summed E-state index contributed by atoms with van der Waals surface area (Å²) in [5, 5.41) is 3.85. The van der Waals surface area contributed by atoms with Crippen LogP contribution < -0.4 is 5.73 Å². The van der Waals surface area contributed by atoms with Crippen molar-refractivity contribution < 1.29 is 9.26 Å². The van der Waals surface area contributed by atoms with Crippen molar-refractivity contribution in [3.63, 3.8) is 0 Å². The Balaban J connectivity index is 2.32. The molecule has 1 heterocycles. The molecule has 0 spiro atoms. The van der Waals surface area contributed by atoms with E-state index in [0.717, 1.165) is 16.9 Å². The third-order valence-electron chi connectivity index (χ3n) is 3.19. The van der Waals surface area contributed by atoms with Crippen molar-refractivity contribution in [2.24, 2.45) is 0 Å². The van der Waals surface area contributed by atoms with Crippen LogP contribution in [0.1, 0.15) is 31.1 Å². The summed E-state index contributed by atoms with van der Waals surface area (Å²) < 4.78 is 10.3. The molecule has 4 nitrogen and oxygen atoms in total. The minimum atomic E-state index is 0.434. The van der Waals surface area contributed by atoms with Crippen molar-refractivity contribution in [2.45, 2.75) is 26.2 Å². The molecule has 0 aliphatic rings. The summed E-state index contributed by atoms with van der Waals surface area (Å²) in [6.07, 6.45) is 0.669. The van der Waals surface area contributed by atoms with Gasteiger partial charge in [-0.3, -0.25) is 0 Å². The van der Waals surface area contributed by atoms with Gasteiger partial charge in [0.2, 0.25) is 0 Å². The molecule has 0 aliphatic heterocycles. The van der Waals surface area contributed by atoms with Gasteiger partial charge >= 0.3 is 0 Å². The van der Waals surface area contributed by atoms with E-state index in [0.29, 0.717) is 24.8 Å².